The number of carbonyl (C=O) groups excluding carboxylic acids is 1. The van der Waals surface area contributed by atoms with Crippen LogP contribution in [-0.2, 0) is 0 Å². The fourth-order valence-electron chi connectivity index (χ4n) is 2.86. The van der Waals surface area contributed by atoms with E-state index in [1.54, 1.807) is 36.5 Å². The van der Waals surface area contributed by atoms with E-state index < -0.39 is 0 Å². The van der Waals surface area contributed by atoms with Gasteiger partial charge in [-0.15, -0.1) is 10.2 Å². The topological polar surface area (TPSA) is 94.0 Å². The molecule has 0 fully saturated rings. The summed E-state index contributed by atoms with van der Waals surface area (Å²) in [5.74, 6) is 2.44. The molecular formula is C22H20N6O2. The molecule has 0 aliphatic heterocycles. The third kappa shape index (κ3) is 4.61. The molecule has 2 aromatic heterocycles. The highest BCUT2D eigenvalue weighted by atomic mass is 16.5. The molecule has 0 bridgehead atoms. The molecule has 0 aliphatic carbocycles. The van der Waals surface area contributed by atoms with Gasteiger partial charge in [0.25, 0.3) is 0 Å². The monoisotopic (exact) mass is 400 g/mol. The minimum absolute atomic E-state index is 0.314. The summed E-state index contributed by atoms with van der Waals surface area (Å²) >= 11 is 0. The highest BCUT2D eigenvalue weighted by Gasteiger charge is 2.06. The molecule has 0 radical (unpaired) electrons. The molecule has 0 unspecified atom stereocenters. The lowest BCUT2D eigenvalue weighted by molar-refractivity contribution is 0.262. The number of urea groups is 1. The van der Waals surface area contributed by atoms with Crippen LogP contribution in [0.5, 0.6) is 11.6 Å². The van der Waals surface area contributed by atoms with Gasteiger partial charge in [-0.05, 0) is 61.9 Å². The molecule has 2 heterocycles. The van der Waals surface area contributed by atoms with Gasteiger partial charge in [0.2, 0.25) is 5.88 Å². The zero-order chi connectivity index (χ0) is 20.9. The van der Waals surface area contributed by atoms with Crippen LogP contribution >= 0.6 is 0 Å². The van der Waals surface area contributed by atoms with Crippen molar-refractivity contribution < 1.29 is 9.53 Å². The quantitative estimate of drug-likeness (QED) is 0.506. The zero-order valence-electron chi connectivity index (χ0n) is 16.5. The van der Waals surface area contributed by atoms with Crippen molar-refractivity contribution in [2.24, 2.45) is 0 Å². The highest BCUT2D eigenvalue weighted by Crippen LogP contribution is 2.22. The number of carbonyl (C=O) groups is 1. The van der Waals surface area contributed by atoms with Crippen LogP contribution in [0, 0.1) is 13.8 Å². The summed E-state index contributed by atoms with van der Waals surface area (Å²) in [7, 11) is 0. The molecule has 0 spiro atoms. The number of anilines is 2. The molecule has 2 aromatic carbocycles. The van der Waals surface area contributed by atoms with E-state index in [9.17, 15) is 4.79 Å². The Morgan fingerprint density at radius 3 is 2.40 bits per heavy atom. The van der Waals surface area contributed by atoms with Crippen molar-refractivity contribution in [3.05, 3.63) is 84.4 Å². The smallest absolute Gasteiger partial charge is 0.323 e. The van der Waals surface area contributed by atoms with Crippen LogP contribution in [0.4, 0.5) is 16.2 Å². The Kier molecular flexibility index (Phi) is 5.38. The van der Waals surface area contributed by atoms with Crippen molar-refractivity contribution in [1.82, 2.24) is 19.7 Å². The van der Waals surface area contributed by atoms with Gasteiger partial charge in [-0.3, -0.25) is 4.57 Å². The summed E-state index contributed by atoms with van der Waals surface area (Å²) in [6.45, 7) is 3.86. The van der Waals surface area contributed by atoms with Gasteiger partial charge >= 0.3 is 6.03 Å². The van der Waals surface area contributed by atoms with Gasteiger partial charge in [-0.25, -0.2) is 9.78 Å². The van der Waals surface area contributed by atoms with E-state index in [-0.39, 0.29) is 6.03 Å². The normalized spacial score (nSPS) is 10.5. The summed E-state index contributed by atoms with van der Waals surface area (Å²) in [4.78, 5) is 16.3. The minimum Gasteiger partial charge on any atom is -0.438 e. The standard InChI is InChI=1S/C22H20N6O2/c1-15-4-3-5-18(14-15)25-22(29)24-17-6-8-19(9-7-17)30-21-11-10-20(26-27-21)28-13-12-23-16(28)2/h3-14H,1-2H3,(H2,24,25,29). The molecule has 30 heavy (non-hydrogen) atoms. The largest absolute Gasteiger partial charge is 0.438 e. The maximum absolute atomic E-state index is 12.1. The summed E-state index contributed by atoms with van der Waals surface area (Å²) < 4.78 is 7.56. The van der Waals surface area contributed by atoms with E-state index in [1.807, 2.05) is 54.9 Å². The average molecular weight is 400 g/mol. The number of hydrogen-bond acceptors (Lipinski definition) is 5. The van der Waals surface area contributed by atoms with Crippen LogP contribution in [-0.4, -0.2) is 25.8 Å². The number of hydrogen-bond donors (Lipinski definition) is 2. The SMILES string of the molecule is Cc1cccc(NC(=O)Nc2ccc(Oc3ccc(-n4ccnc4C)nn3)cc2)c1. The Labute approximate surface area is 173 Å². The maximum atomic E-state index is 12.1. The number of aromatic nitrogens is 4. The number of amides is 2. The number of rotatable bonds is 5. The van der Waals surface area contributed by atoms with Crippen LogP contribution in [0.15, 0.2) is 73.1 Å². The first kappa shape index (κ1) is 19.1. The number of benzene rings is 2. The lowest BCUT2D eigenvalue weighted by atomic mass is 10.2. The van der Waals surface area contributed by atoms with Crippen molar-refractivity contribution in [2.75, 3.05) is 10.6 Å². The van der Waals surface area contributed by atoms with Gasteiger partial charge in [0.1, 0.15) is 11.6 Å². The Morgan fingerprint density at radius 1 is 0.933 bits per heavy atom. The number of nitrogens with zero attached hydrogens (tertiary/aromatic N) is 4. The van der Waals surface area contributed by atoms with E-state index in [1.165, 1.54) is 0 Å². The molecule has 8 heteroatoms. The molecule has 2 N–H and O–H groups in total. The van der Waals surface area contributed by atoms with Crippen molar-refractivity contribution in [2.45, 2.75) is 13.8 Å². The minimum atomic E-state index is -0.314. The molecule has 0 atom stereocenters. The van der Waals surface area contributed by atoms with Crippen LogP contribution in [0.25, 0.3) is 5.82 Å². The van der Waals surface area contributed by atoms with Crippen LogP contribution < -0.4 is 15.4 Å². The summed E-state index contributed by atoms with van der Waals surface area (Å²) in [5.41, 5.74) is 2.45. The molecular weight excluding hydrogens is 380 g/mol. The first-order valence-electron chi connectivity index (χ1n) is 9.33. The molecule has 8 nitrogen and oxygen atoms in total. The van der Waals surface area contributed by atoms with Gasteiger partial charge in [-0.2, -0.15) is 0 Å². The Hall–Kier alpha value is -4.20. The van der Waals surface area contributed by atoms with Crippen LogP contribution in [0.3, 0.4) is 0 Å². The molecule has 2 amide bonds. The highest BCUT2D eigenvalue weighted by molar-refractivity contribution is 5.99. The summed E-state index contributed by atoms with van der Waals surface area (Å²) in [6.07, 6.45) is 3.53. The third-order valence-electron chi connectivity index (χ3n) is 4.31. The Bertz CT molecular complexity index is 1150. The number of imidazole rings is 1. The fraction of sp³-hybridized carbons (Fsp3) is 0.0909. The van der Waals surface area contributed by atoms with Crippen molar-refractivity contribution in [3.63, 3.8) is 0 Å². The summed E-state index contributed by atoms with van der Waals surface area (Å²) in [5, 5.41) is 13.8. The molecule has 0 saturated heterocycles. The van der Waals surface area contributed by atoms with E-state index >= 15 is 0 Å². The number of nitrogens with one attached hydrogen (secondary N) is 2. The Morgan fingerprint density at radius 2 is 1.73 bits per heavy atom. The van der Waals surface area contributed by atoms with Gasteiger partial charge in [0.15, 0.2) is 5.82 Å². The lowest BCUT2D eigenvalue weighted by Crippen LogP contribution is -2.19. The first-order chi connectivity index (χ1) is 14.6. The predicted molar refractivity (Wildman–Crippen MR) is 114 cm³/mol. The molecule has 4 rings (SSSR count). The van der Waals surface area contributed by atoms with E-state index in [0.717, 1.165) is 17.1 Å². The van der Waals surface area contributed by atoms with Crippen LogP contribution in [0.2, 0.25) is 0 Å². The van der Waals surface area contributed by atoms with Gasteiger partial charge in [0, 0.05) is 29.8 Å². The second-order valence-electron chi connectivity index (χ2n) is 6.65. The van der Waals surface area contributed by atoms with Crippen molar-refractivity contribution in [3.8, 4) is 17.4 Å². The van der Waals surface area contributed by atoms with Crippen molar-refractivity contribution in [1.29, 1.82) is 0 Å². The fourth-order valence-corrected chi connectivity index (χ4v) is 2.86. The average Bonchev–Trinajstić information content (AvgIpc) is 3.16. The maximum Gasteiger partial charge on any atom is 0.323 e. The van der Waals surface area contributed by atoms with E-state index in [4.69, 9.17) is 4.74 Å². The molecule has 4 aromatic rings. The van der Waals surface area contributed by atoms with E-state index in [0.29, 0.717) is 23.1 Å². The van der Waals surface area contributed by atoms with E-state index in [2.05, 4.69) is 25.8 Å². The van der Waals surface area contributed by atoms with Crippen LogP contribution in [0.1, 0.15) is 11.4 Å². The number of aryl methyl sites for hydroxylation is 2. The Balaban J connectivity index is 1.35. The van der Waals surface area contributed by atoms with Gasteiger partial charge in [0.05, 0.1) is 0 Å². The second-order valence-corrected chi connectivity index (χ2v) is 6.65. The van der Waals surface area contributed by atoms with Crippen molar-refractivity contribution >= 4 is 17.4 Å². The third-order valence-corrected chi connectivity index (χ3v) is 4.31. The van der Waals surface area contributed by atoms with Gasteiger partial charge in [-0.1, -0.05) is 12.1 Å². The van der Waals surface area contributed by atoms with Gasteiger partial charge < -0.3 is 15.4 Å². The second kappa shape index (κ2) is 8.44. The molecule has 150 valence electrons. The molecule has 0 saturated carbocycles. The predicted octanol–water partition coefficient (Wildman–Crippen LogP) is 4.72. The first-order valence-corrected chi connectivity index (χ1v) is 9.33. The number of ether oxygens (including phenoxy) is 1. The lowest BCUT2D eigenvalue weighted by Gasteiger charge is -2.09. The summed E-state index contributed by atoms with van der Waals surface area (Å²) in [6, 6.07) is 17.8. The zero-order valence-corrected chi connectivity index (χ0v) is 16.5. The molecule has 0 aliphatic rings.